The molecule has 2 aliphatic heterocycles. The molecule has 0 aromatic rings. The molecule has 2 saturated heterocycles. The Hall–Kier alpha value is -0.550. The third kappa shape index (κ3) is 0.674. The Kier molecular flexibility index (Phi) is 1.21. The predicted molar refractivity (Wildman–Crippen MR) is 38.3 cm³/mol. The number of nitriles is 1. The minimum absolute atomic E-state index is 0.361. The largest absolute Gasteiger partial charge is 0.300 e. The van der Waals surface area contributed by atoms with Crippen LogP contribution < -0.4 is 0 Å². The van der Waals surface area contributed by atoms with Crippen molar-refractivity contribution in [2.24, 2.45) is 5.92 Å². The Balaban J connectivity index is 2.01. The summed E-state index contributed by atoms with van der Waals surface area (Å²) < 4.78 is 0. The molecule has 2 unspecified atom stereocenters. The van der Waals surface area contributed by atoms with E-state index in [1.807, 2.05) is 0 Å². The molecular formula is C8H12N2. The van der Waals surface area contributed by atoms with E-state index in [2.05, 4.69) is 18.0 Å². The highest BCUT2D eigenvalue weighted by molar-refractivity contribution is 5.03. The minimum atomic E-state index is 0.361. The van der Waals surface area contributed by atoms with Crippen LogP contribution in [0.25, 0.3) is 0 Å². The van der Waals surface area contributed by atoms with Crippen LogP contribution in [0.3, 0.4) is 0 Å². The van der Waals surface area contributed by atoms with Crippen molar-refractivity contribution in [1.82, 2.24) is 4.90 Å². The number of rotatable bonds is 0. The summed E-state index contributed by atoms with van der Waals surface area (Å²) in [4.78, 5) is 2.41. The Labute approximate surface area is 61.4 Å². The molecule has 3 fully saturated rings. The third-order valence-corrected chi connectivity index (χ3v) is 2.99. The molecule has 0 aromatic heterocycles. The lowest BCUT2D eigenvalue weighted by Crippen LogP contribution is -2.58. The van der Waals surface area contributed by atoms with Gasteiger partial charge in [-0.2, -0.15) is 5.26 Å². The SMILES string of the molecule is CN1C2CC(C#N)CC1C2. The van der Waals surface area contributed by atoms with Gasteiger partial charge in [-0.3, -0.25) is 0 Å². The van der Waals surface area contributed by atoms with Crippen LogP contribution in [0.1, 0.15) is 19.3 Å². The van der Waals surface area contributed by atoms with Gasteiger partial charge in [0.1, 0.15) is 0 Å². The van der Waals surface area contributed by atoms with Gasteiger partial charge in [-0.15, -0.1) is 0 Å². The molecule has 1 aliphatic carbocycles. The van der Waals surface area contributed by atoms with Crippen molar-refractivity contribution in [3.63, 3.8) is 0 Å². The molecule has 0 aromatic carbocycles. The average Bonchev–Trinajstić information content (AvgIpc) is 2.04. The van der Waals surface area contributed by atoms with Crippen molar-refractivity contribution >= 4 is 0 Å². The summed E-state index contributed by atoms with van der Waals surface area (Å²) in [6, 6.07) is 3.84. The van der Waals surface area contributed by atoms with Crippen LogP contribution in [-0.4, -0.2) is 24.0 Å². The van der Waals surface area contributed by atoms with E-state index >= 15 is 0 Å². The summed E-state index contributed by atoms with van der Waals surface area (Å²) in [5.74, 6) is 0.361. The summed E-state index contributed by atoms with van der Waals surface area (Å²) in [5, 5.41) is 8.65. The molecule has 2 nitrogen and oxygen atoms in total. The fourth-order valence-electron chi connectivity index (χ4n) is 2.19. The lowest BCUT2D eigenvalue weighted by molar-refractivity contribution is -0.0181. The molecule has 3 aliphatic rings. The zero-order valence-electron chi connectivity index (χ0n) is 6.25. The van der Waals surface area contributed by atoms with Gasteiger partial charge in [0.25, 0.3) is 0 Å². The van der Waals surface area contributed by atoms with Gasteiger partial charge in [0.05, 0.1) is 6.07 Å². The number of piperidine rings is 1. The molecule has 3 rings (SSSR count). The highest BCUT2D eigenvalue weighted by Crippen LogP contribution is 2.39. The van der Waals surface area contributed by atoms with E-state index in [1.165, 1.54) is 6.42 Å². The maximum atomic E-state index is 8.65. The molecule has 0 amide bonds. The predicted octanol–water partition coefficient (Wildman–Crippen LogP) is 0.993. The van der Waals surface area contributed by atoms with E-state index in [9.17, 15) is 0 Å². The average molecular weight is 136 g/mol. The fraction of sp³-hybridized carbons (Fsp3) is 0.875. The summed E-state index contributed by atoms with van der Waals surface area (Å²) in [6.07, 6.45) is 3.57. The first-order valence-corrected chi connectivity index (χ1v) is 3.93. The van der Waals surface area contributed by atoms with Crippen molar-refractivity contribution in [3.05, 3.63) is 0 Å². The monoisotopic (exact) mass is 136 g/mol. The van der Waals surface area contributed by atoms with Gasteiger partial charge in [0.2, 0.25) is 0 Å². The second-order valence-corrected chi connectivity index (χ2v) is 3.51. The standard InChI is InChI=1S/C8H12N2/c1-10-7-2-6(5-9)3-8(10)4-7/h6-8H,2-4H2,1H3. The molecule has 1 saturated carbocycles. The highest BCUT2D eigenvalue weighted by Gasteiger charge is 2.42. The van der Waals surface area contributed by atoms with Crippen LogP contribution in [-0.2, 0) is 0 Å². The number of nitrogens with zero attached hydrogens (tertiary/aromatic N) is 2. The van der Waals surface area contributed by atoms with Crippen LogP contribution >= 0.6 is 0 Å². The van der Waals surface area contributed by atoms with E-state index in [4.69, 9.17) is 5.26 Å². The molecule has 0 radical (unpaired) electrons. The number of hydrogen-bond acceptors (Lipinski definition) is 2. The lowest BCUT2D eigenvalue weighted by atomic mass is 9.75. The van der Waals surface area contributed by atoms with Crippen LogP contribution in [0.2, 0.25) is 0 Å². The second kappa shape index (κ2) is 1.96. The third-order valence-electron chi connectivity index (χ3n) is 2.99. The Morgan fingerprint density at radius 3 is 2.30 bits per heavy atom. The first kappa shape index (κ1) is 6.18. The second-order valence-electron chi connectivity index (χ2n) is 3.51. The topological polar surface area (TPSA) is 27.0 Å². The molecule has 10 heavy (non-hydrogen) atoms. The van der Waals surface area contributed by atoms with Crippen LogP contribution in [0.15, 0.2) is 0 Å². The van der Waals surface area contributed by atoms with Crippen LogP contribution in [0.4, 0.5) is 0 Å². The molecule has 54 valence electrons. The van der Waals surface area contributed by atoms with Gasteiger partial charge in [-0.1, -0.05) is 0 Å². The van der Waals surface area contributed by atoms with E-state index < -0.39 is 0 Å². The van der Waals surface area contributed by atoms with Crippen molar-refractivity contribution < 1.29 is 0 Å². The van der Waals surface area contributed by atoms with E-state index in [0.717, 1.165) is 24.9 Å². The summed E-state index contributed by atoms with van der Waals surface area (Å²) in [7, 11) is 2.17. The van der Waals surface area contributed by atoms with Crippen molar-refractivity contribution in [3.8, 4) is 6.07 Å². The molecule has 2 heterocycles. The normalized spacial score (nSPS) is 45.8. The van der Waals surface area contributed by atoms with Gasteiger partial charge in [0, 0.05) is 18.0 Å². The Bertz CT molecular complexity index is 170. The van der Waals surface area contributed by atoms with Gasteiger partial charge in [0.15, 0.2) is 0 Å². The van der Waals surface area contributed by atoms with E-state index in [1.54, 1.807) is 0 Å². The highest BCUT2D eigenvalue weighted by atomic mass is 15.2. The van der Waals surface area contributed by atoms with Crippen molar-refractivity contribution in [2.45, 2.75) is 31.3 Å². The lowest BCUT2D eigenvalue weighted by Gasteiger charge is -2.52. The van der Waals surface area contributed by atoms with Gasteiger partial charge >= 0.3 is 0 Å². The first-order valence-electron chi connectivity index (χ1n) is 3.93. The summed E-state index contributed by atoms with van der Waals surface area (Å²) in [6.45, 7) is 0. The smallest absolute Gasteiger partial charge is 0.0657 e. The quantitative estimate of drug-likeness (QED) is 0.496. The van der Waals surface area contributed by atoms with Gasteiger partial charge in [-0.05, 0) is 26.3 Å². The zero-order valence-corrected chi connectivity index (χ0v) is 6.25. The summed E-state index contributed by atoms with van der Waals surface area (Å²) >= 11 is 0. The molecule has 2 bridgehead atoms. The molecular weight excluding hydrogens is 124 g/mol. The first-order chi connectivity index (χ1) is 4.81. The van der Waals surface area contributed by atoms with Gasteiger partial charge < -0.3 is 4.90 Å². The maximum absolute atomic E-state index is 8.65. The number of hydrogen-bond donors (Lipinski definition) is 0. The molecule has 2 heteroatoms. The maximum Gasteiger partial charge on any atom is 0.0657 e. The van der Waals surface area contributed by atoms with E-state index in [0.29, 0.717) is 5.92 Å². The summed E-state index contributed by atoms with van der Waals surface area (Å²) in [5.41, 5.74) is 0. The van der Waals surface area contributed by atoms with Gasteiger partial charge in [-0.25, -0.2) is 0 Å². The van der Waals surface area contributed by atoms with Crippen molar-refractivity contribution in [2.75, 3.05) is 7.05 Å². The molecule has 0 spiro atoms. The minimum Gasteiger partial charge on any atom is -0.300 e. The molecule has 0 N–H and O–H groups in total. The number of fused-ring (bicyclic) bond motifs is 2. The van der Waals surface area contributed by atoms with Crippen molar-refractivity contribution in [1.29, 1.82) is 5.26 Å². The Morgan fingerprint density at radius 2 is 1.90 bits per heavy atom. The molecule has 2 atom stereocenters. The fourth-order valence-corrected chi connectivity index (χ4v) is 2.19. The van der Waals surface area contributed by atoms with Crippen LogP contribution in [0, 0.1) is 17.2 Å². The zero-order chi connectivity index (χ0) is 7.14. The van der Waals surface area contributed by atoms with Crippen LogP contribution in [0.5, 0.6) is 0 Å². The Morgan fingerprint density at radius 1 is 1.30 bits per heavy atom. The van der Waals surface area contributed by atoms with E-state index in [-0.39, 0.29) is 0 Å².